The van der Waals surface area contributed by atoms with Gasteiger partial charge in [-0.2, -0.15) is 0 Å². The van der Waals surface area contributed by atoms with Crippen LogP contribution in [0.3, 0.4) is 0 Å². The first-order valence-electron chi connectivity index (χ1n) is 4.96. The van der Waals surface area contributed by atoms with Gasteiger partial charge in [-0.25, -0.2) is 0 Å². The highest BCUT2D eigenvalue weighted by Crippen LogP contribution is 2.17. The van der Waals surface area contributed by atoms with Crippen molar-refractivity contribution in [3.8, 4) is 11.1 Å². The molecule has 16 heavy (non-hydrogen) atoms. The van der Waals surface area contributed by atoms with Crippen molar-refractivity contribution in [1.29, 1.82) is 0 Å². The number of hydrogen-bond acceptors (Lipinski definition) is 1. The molecule has 0 bridgehead atoms. The summed E-state index contributed by atoms with van der Waals surface area (Å²) in [6.45, 7) is 1.29. The molecule has 2 aromatic carbocycles. The third-order valence-electron chi connectivity index (χ3n) is 1.88. The monoisotopic (exact) mass is 232 g/mol. The maximum Gasteiger partial charge on any atom is 0.218 e. The number of carbonyl (C=O) groups excluding carboxylic acids is 1. The predicted octanol–water partition coefficient (Wildman–Crippen LogP) is 4.13. The molecule has 0 fully saturated rings. The molecule has 2 rings (SSSR count). The maximum atomic E-state index is 9.21. The molecule has 0 unspecified atom stereocenters. The fraction of sp³-hybridized carbons (Fsp3) is 0.0714. The lowest BCUT2D eigenvalue weighted by molar-refractivity contribution is -0.109. The molecule has 82 valence electrons. The molecule has 0 amide bonds. The molecule has 2 aromatic rings. The summed E-state index contributed by atoms with van der Waals surface area (Å²) >= 11 is 4.64. The summed E-state index contributed by atoms with van der Waals surface area (Å²) in [5.41, 5.74) is 2.55. The lowest BCUT2D eigenvalue weighted by atomic mass is 10.1. The van der Waals surface area contributed by atoms with E-state index in [-0.39, 0.29) is 5.24 Å². The summed E-state index contributed by atoms with van der Waals surface area (Å²) in [7, 11) is 0. The molecular formula is C14H13ClO. The SMILES string of the molecule is CC(=O)Cl.c1ccc(-c2ccccc2)cc1. The Morgan fingerprint density at radius 1 is 0.812 bits per heavy atom. The summed E-state index contributed by atoms with van der Waals surface area (Å²) in [6, 6.07) is 20.8. The van der Waals surface area contributed by atoms with Crippen LogP contribution in [0.4, 0.5) is 0 Å². The van der Waals surface area contributed by atoms with Crippen LogP contribution >= 0.6 is 11.6 Å². The zero-order valence-electron chi connectivity index (χ0n) is 9.06. The topological polar surface area (TPSA) is 17.1 Å². The fourth-order valence-electron chi connectivity index (χ4n) is 1.26. The predicted molar refractivity (Wildman–Crippen MR) is 68.4 cm³/mol. The van der Waals surface area contributed by atoms with E-state index in [4.69, 9.17) is 0 Å². The van der Waals surface area contributed by atoms with Crippen molar-refractivity contribution < 1.29 is 4.79 Å². The average Bonchev–Trinajstić information content (AvgIpc) is 2.31. The Morgan fingerprint density at radius 3 is 1.31 bits per heavy atom. The van der Waals surface area contributed by atoms with Gasteiger partial charge in [0.05, 0.1) is 0 Å². The van der Waals surface area contributed by atoms with Gasteiger partial charge in [0, 0.05) is 6.92 Å². The van der Waals surface area contributed by atoms with E-state index >= 15 is 0 Å². The van der Waals surface area contributed by atoms with E-state index in [1.807, 2.05) is 12.1 Å². The van der Waals surface area contributed by atoms with E-state index in [0.29, 0.717) is 0 Å². The number of benzene rings is 2. The molecule has 0 aliphatic carbocycles. The first kappa shape index (κ1) is 12.5. The molecule has 0 spiro atoms. The fourth-order valence-corrected chi connectivity index (χ4v) is 1.26. The molecule has 0 atom stereocenters. The normalized spacial score (nSPS) is 8.88. The Labute approximate surface area is 101 Å². The number of carbonyl (C=O) groups is 1. The lowest BCUT2D eigenvalue weighted by Crippen LogP contribution is -1.73. The molecule has 0 saturated carbocycles. The maximum absolute atomic E-state index is 9.21. The summed E-state index contributed by atoms with van der Waals surface area (Å²) in [4.78, 5) is 9.21. The van der Waals surface area contributed by atoms with Crippen molar-refractivity contribution in [2.24, 2.45) is 0 Å². The first-order chi connectivity index (χ1) is 7.70. The van der Waals surface area contributed by atoms with Crippen molar-refractivity contribution in [3.05, 3.63) is 60.7 Å². The van der Waals surface area contributed by atoms with Gasteiger partial charge in [0.2, 0.25) is 5.24 Å². The van der Waals surface area contributed by atoms with Crippen LogP contribution in [-0.2, 0) is 4.79 Å². The summed E-state index contributed by atoms with van der Waals surface area (Å²) in [5, 5.41) is -0.361. The van der Waals surface area contributed by atoms with E-state index in [9.17, 15) is 4.79 Å². The van der Waals surface area contributed by atoms with Gasteiger partial charge in [-0.1, -0.05) is 60.7 Å². The average molecular weight is 233 g/mol. The second-order valence-electron chi connectivity index (χ2n) is 3.20. The molecule has 0 N–H and O–H groups in total. The number of hydrogen-bond donors (Lipinski definition) is 0. The highest BCUT2D eigenvalue weighted by atomic mass is 35.5. The molecule has 2 heteroatoms. The molecule has 0 aromatic heterocycles. The minimum atomic E-state index is -0.361. The molecule has 0 heterocycles. The van der Waals surface area contributed by atoms with Gasteiger partial charge in [0.1, 0.15) is 0 Å². The van der Waals surface area contributed by atoms with Crippen LogP contribution in [0.1, 0.15) is 6.92 Å². The van der Waals surface area contributed by atoms with Crippen LogP contribution in [0.15, 0.2) is 60.7 Å². The van der Waals surface area contributed by atoms with Gasteiger partial charge in [0.15, 0.2) is 0 Å². The van der Waals surface area contributed by atoms with E-state index < -0.39 is 0 Å². The summed E-state index contributed by atoms with van der Waals surface area (Å²) in [5.74, 6) is 0. The van der Waals surface area contributed by atoms with Crippen LogP contribution in [0.2, 0.25) is 0 Å². The minimum absolute atomic E-state index is 0.361. The van der Waals surface area contributed by atoms with E-state index in [0.717, 1.165) is 0 Å². The Hall–Kier alpha value is -1.60. The first-order valence-corrected chi connectivity index (χ1v) is 5.34. The van der Waals surface area contributed by atoms with Crippen LogP contribution in [-0.4, -0.2) is 5.24 Å². The van der Waals surface area contributed by atoms with Gasteiger partial charge in [-0.05, 0) is 22.7 Å². The molecule has 0 radical (unpaired) electrons. The second kappa shape index (κ2) is 6.81. The van der Waals surface area contributed by atoms with Gasteiger partial charge in [-0.15, -0.1) is 0 Å². The minimum Gasteiger partial charge on any atom is -0.282 e. The van der Waals surface area contributed by atoms with Gasteiger partial charge in [-0.3, -0.25) is 4.79 Å². The van der Waals surface area contributed by atoms with Crippen molar-refractivity contribution >= 4 is 16.8 Å². The molecule has 0 aliphatic rings. The Balaban J connectivity index is 0.000000280. The van der Waals surface area contributed by atoms with Gasteiger partial charge >= 0.3 is 0 Å². The number of rotatable bonds is 1. The van der Waals surface area contributed by atoms with Crippen LogP contribution in [0.5, 0.6) is 0 Å². The Morgan fingerprint density at radius 2 is 1.06 bits per heavy atom. The third-order valence-corrected chi connectivity index (χ3v) is 1.88. The second-order valence-corrected chi connectivity index (χ2v) is 3.73. The molecular weight excluding hydrogens is 220 g/mol. The van der Waals surface area contributed by atoms with Gasteiger partial charge < -0.3 is 0 Å². The Kier molecular flexibility index (Phi) is 5.30. The smallest absolute Gasteiger partial charge is 0.218 e. The van der Waals surface area contributed by atoms with E-state index in [1.54, 1.807) is 0 Å². The van der Waals surface area contributed by atoms with Crippen molar-refractivity contribution in [3.63, 3.8) is 0 Å². The van der Waals surface area contributed by atoms with Crippen molar-refractivity contribution in [1.82, 2.24) is 0 Å². The molecule has 0 saturated heterocycles. The third kappa shape index (κ3) is 4.76. The van der Waals surface area contributed by atoms with Crippen molar-refractivity contribution in [2.75, 3.05) is 0 Å². The highest BCUT2D eigenvalue weighted by Gasteiger charge is 1.91. The molecule has 1 nitrogen and oxygen atoms in total. The highest BCUT2D eigenvalue weighted by molar-refractivity contribution is 6.62. The molecule has 0 aliphatic heterocycles. The van der Waals surface area contributed by atoms with Crippen LogP contribution in [0, 0.1) is 0 Å². The van der Waals surface area contributed by atoms with E-state index in [1.165, 1.54) is 18.1 Å². The van der Waals surface area contributed by atoms with E-state index in [2.05, 4.69) is 60.1 Å². The summed E-state index contributed by atoms with van der Waals surface area (Å²) in [6.07, 6.45) is 0. The quantitative estimate of drug-likeness (QED) is 0.676. The van der Waals surface area contributed by atoms with Crippen LogP contribution < -0.4 is 0 Å². The zero-order valence-corrected chi connectivity index (χ0v) is 9.82. The van der Waals surface area contributed by atoms with Gasteiger partial charge in [0.25, 0.3) is 0 Å². The Bertz CT molecular complexity index is 382. The largest absolute Gasteiger partial charge is 0.282 e. The van der Waals surface area contributed by atoms with Crippen molar-refractivity contribution in [2.45, 2.75) is 6.92 Å². The zero-order chi connectivity index (χ0) is 11.8. The van der Waals surface area contributed by atoms with Crippen LogP contribution in [0.25, 0.3) is 11.1 Å². The standard InChI is InChI=1S/C12H10.C2H3ClO/c1-3-7-11(8-4-1)12-9-5-2-6-10-12;1-2(3)4/h1-10H;1H3. The number of halogens is 1. The summed E-state index contributed by atoms with van der Waals surface area (Å²) < 4.78 is 0. The lowest BCUT2D eigenvalue weighted by Gasteiger charge is -1.98.